The number of carbonyl (C=O) groups is 3. The van der Waals surface area contributed by atoms with E-state index < -0.39 is 23.7 Å². The number of hydrogen-bond donors (Lipinski definition) is 1. The van der Waals surface area contributed by atoms with Crippen LogP contribution in [0.4, 0.5) is 5.69 Å². The van der Waals surface area contributed by atoms with Gasteiger partial charge in [0.2, 0.25) is 0 Å². The van der Waals surface area contributed by atoms with Gasteiger partial charge in [-0.1, -0.05) is 12.1 Å². The molecule has 0 amide bonds. The molecule has 0 saturated carbocycles. The van der Waals surface area contributed by atoms with E-state index in [4.69, 9.17) is 23.7 Å². The number of methoxy groups -OCH3 is 1. The van der Waals surface area contributed by atoms with E-state index >= 15 is 0 Å². The van der Waals surface area contributed by atoms with E-state index in [2.05, 4.69) is 5.32 Å². The third kappa shape index (κ3) is 3.52. The summed E-state index contributed by atoms with van der Waals surface area (Å²) in [6, 6.07) is 9.91. The molecule has 0 aromatic heterocycles. The molecule has 0 spiro atoms. The van der Waals surface area contributed by atoms with Gasteiger partial charge in [-0.25, -0.2) is 14.4 Å². The summed E-state index contributed by atoms with van der Waals surface area (Å²) < 4.78 is 26.6. The molecular formula is C21H17NO8. The topological polar surface area (TPSA) is 109 Å². The molecule has 1 saturated heterocycles. The molecule has 4 rings (SSSR count). The monoisotopic (exact) mass is 411 g/mol. The smallest absolute Gasteiger partial charge is 0.350 e. The number of ether oxygens (including phenoxy) is 5. The Labute approximate surface area is 171 Å². The Kier molecular flexibility index (Phi) is 4.57. The largest absolute Gasteiger partial charge is 0.465 e. The normalized spacial score (nSPS) is 16.0. The minimum absolute atomic E-state index is 0.176. The number of anilines is 1. The van der Waals surface area contributed by atoms with Crippen molar-refractivity contribution in [2.45, 2.75) is 19.6 Å². The average Bonchev–Trinajstić information content (AvgIpc) is 2.70. The zero-order chi connectivity index (χ0) is 21.5. The molecule has 2 heterocycles. The van der Waals surface area contributed by atoms with Gasteiger partial charge in [0.15, 0.2) is 28.6 Å². The van der Waals surface area contributed by atoms with E-state index in [0.29, 0.717) is 11.5 Å². The van der Waals surface area contributed by atoms with Crippen LogP contribution in [0, 0.1) is 0 Å². The Morgan fingerprint density at radius 2 is 1.63 bits per heavy atom. The average molecular weight is 411 g/mol. The van der Waals surface area contributed by atoms with Crippen LogP contribution in [0.15, 0.2) is 48.2 Å². The molecule has 2 aromatic rings. The molecular weight excluding hydrogens is 394 g/mol. The number of cyclic esters (lactones) is 2. The fraction of sp³-hybridized carbons (Fsp3) is 0.190. The van der Waals surface area contributed by atoms with Crippen molar-refractivity contribution in [2.75, 3.05) is 12.4 Å². The van der Waals surface area contributed by atoms with Crippen LogP contribution in [0.2, 0.25) is 0 Å². The fourth-order valence-electron chi connectivity index (χ4n) is 2.90. The van der Waals surface area contributed by atoms with Crippen LogP contribution in [0.25, 0.3) is 0 Å². The van der Waals surface area contributed by atoms with Gasteiger partial charge in [-0.2, -0.15) is 0 Å². The van der Waals surface area contributed by atoms with Gasteiger partial charge < -0.3 is 29.0 Å². The summed E-state index contributed by atoms with van der Waals surface area (Å²) in [7, 11) is 1.25. The third-order valence-corrected chi connectivity index (χ3v) is 4.25. The first-order chi connectivity index (χ1) is 14.3. The number of fused-ring (bicyclic) bond motifs is 2. The summed E-state index contributed by atoms with van der Waals surface area (Å²) in [5.41, 5.74) is 0.0964. The molecule has 9 heteroatoms. The van der Waals surface area contributed by atoms with Crippen LogP contribution in [0.3, 0.4) is 0 Å². The molecule has 9 nitrogen and oxygen atoms in total. The number of para-hydroxylation sites is 2. The molecule has 2 aliphatic heterocycles. The second-order valence-electron chi connectivity index (χ2n) is 6.87. The lowest BCUT2D eigenvalue weighted by Crippen LogP contribution is -2.42. The predicted molar refractivity (Wildman–Crippen MR) is 102 cm³/mol. The summed E-state index contributed by atoms with van der Waals surface area (Å²) in [5, 5.41) is 2.80. The lowest BCUT2D eigenvalue weighted by atomic mass is 10.1. The van der Waals surface area contributed by atoms with Gasteiger partial charge in [0.05, 0.1) is 18.4 Å². The number of carbonyl (C=O) groups excluding carboxylic acids is 3. The maximum atomic E-state index is 12.2. The summed E-state index contributed by atoms with van der Waals surface area (Å²) in [5.74, 6) is -2.19. The third-order valence-electron chi connectivity index (χ3n) is 4.25. The molecule has 0 bridgehead atoms. The quantitative estimate of drug-likeness (QED) is 0.393. The minimum Gasteiger partial charge on any atom is -0.465 e. The van der Waals surface area contributed by atoms with Crippen LogP contribution in [0.5, 0.6) is 23.0 Å². The van der Waals surface area contributed by atoms with Crippen molar-refractivity contribution in [3.05, 3.63) is 53.7 Å². The van der Waals surface area contributed by atoms with Crippen molar-refractivity contribution in [2.24, 2.45) is 0 Å². The highest BCUT2D eigenvalue weighted by atomic mass is 16.7. The van der Waals surface area contributed by atoms with Crippen molar-refractivity contribution in [1.29, 1.82) is 0 Å². The highest BCUT2D eigenvalue weighted by Crippen LogP contribution is 2.49. The number of rotatable bonds is 3. The van der Waals surface area contributed by atoms with Gasteiger partial charge in [0.25, 0.3) is 5.79 Å². The molecule has 1 fully saturated rings. The molecule has 2 aliphatic rings. The number of nitrogens with one attached hydrogen (secondary N) is 1. The molecule has 2 aromatic carbocycles. The molecule has 30 heavy (non-hydrogen) atoms. The van der Waals surface area contributed by atoms with Crippen molar-refractivity contribution < 1.29 is 38.1 Å². The van der Waals surface area contributed by atoms with Gasteiger partial charge in [0, 0.05) is 20.0 Å². The molecule has 0 radical (unpaired) electrons. The Balaban J connectivity index is 1.72. The van der Waals surface area contributed by atoms with Gasteiger partial charge in [0.1, 0.15) is 0 Å². The van der Waals surface area contributed by atoms with E-state index in [9.17, 15) is 14.4 Å². The Hall–Kier alpha value is -4.01. The Morgan fingerprint density at radius 1 is 1.00 bits per heavy atom. The molecule has 0 aliphatic carbocycles. The molecule has 0 atom stereocenters. The van der Waals surface area contributed by atoms with Crippen LogP contribution in [-0.2, 0) is 23.8 Å². The number of esters is 3. The molecule has 154 valence electrons. The van der Waals surface area contributed by atoms with Gasteiger partial charge in [-0.05, 0) is 24.3 Å². The standard InChI is InChI=1S/C21H17NO8/c1-21(2)29-19(24)12(20(25)30-21)10-22-13-8-11(18(23)26-3)9-16-17(13)28-15-7-5-4-6-14(15)27-16/h4-10,22H,1-3H3. The van der Waals surface area contributed by atoms with Gasteiger partial charge >= 0.3 is 17.9 Å². The summed E-state index contributed by atoms with van der Waals surface area (Å²) >= 11 is 0. The first kappa shape index (κ1) is 19.3. The summed E-state index contributed by atoms with van der Waals surface area (Å²) in [4.78, 5) is 36.4. The second kappa shape index (κ2) is 7.11. The van der Waals surface area contributed by atoms with Crippen molar-refractivity contribution in [3.63, 3.8) is 0 Å². The van der Waals surface area contributed by atoms with Crippen molar-refractivity contribution in [3.8, 4) is 23.0 Å². The highest BCUT2D eigenvalue weighted by Gasteiger charge is 2.39. The molecule has 0 unspecified atom stereocenters. The maximum absolute atomic E-state index is 12.2. The summed E-state index contributed by atoms with van der Waals surface area (Å²) in [6.07, 6.45) is 1.13. The first-order valence-corrected chi connectivity index (χ1v) is 8.92. The fourth-order valence-corrected chi connectivity index (χ4v) is 2.90. The SMILES string of the molecule is COC(=O)c1cc(NC=C2C(=O)OC(C)(C)OC2=O)c2c(c1)Oc1ccccc1O2. The van der Waals surface area contributed by atoms with Crippen molar-refractivity contribution in [1.82, 2.24) is 0 Å². The van der Waals surface area contributed by atoms with Gasteiger partial charge in [-0.3, -0.25) is 0 Å². The second-order valence-corrected chi connectivity index (χ2v) is 6.87. The number of benzene rings is 2. The van der Waals surface area contributed by atoms with Crippen LogP contribution in [-0.4, -0.2) is 30.8 Å². The predicted octanol–water partition coefficient (Wildman–Crippen LogP) is 3.50. The van der Waals surface area contributed by atoms with E-state index in [1.807, 2.05) is 0 Å². The summed E-state index contributed by atoms with van der Waals surface area (Å²) in [6.45, 7) is 2.90. The van der Waals surface area contributed by atoms with Crippen LogP contribution >= 0.6 is 0 Å². The zero-order valence-corrected chi connectivity index (χ0v) is 16.3. The van der Waals surface area contributed by atoms with E-state index in [1.54, 1.807) is 24.3 Å². The Morgan fingerprint density at radius 3 is 2.27 bits per heavy atom. The first-order valence-electron chi connectivity index (χ1n) is 8.92. The maximum Gasteiger partial charge on any atom is 0.350 e. The van der Waals surface area contributed by atoms with Crippen LogP contribution in [0.1, 0.15) is 24.2 Å². The number of hydrogen-bond acceptors (Lipinski definition) is 9. The van der Waals surface area contributed by atoms with Gasteiger partial charge in [-0.15, -0.1) is 0 Å². The molecule has 1 N–H and O–H groups in total. The van der Waals surface area contributed by atoms with E-state index in [-0.39, 0.29) is 28.3 Å². The zero-order valence-electron chi connectivity index (χ0n) is 16.3. The van der Waals surface area contributed by atoms with E-state index in [1.165, 1.54) is 33.1 Å². The van der Waals surface area contributed by atoms with Crippen molar-refractivity contribution >= 4 is 23.6 Å². The Bertz CT molecular complexity index is 1080. The lowest BCUT2D eigenvalue weighted by molar-refractivity contribution is -0.222. The van der Waals surface area contributed by atoms with Crippen LogP contribution < -0.4 is 14.8 Å². The lowest BCUT2D eigenvalue weighted by Gasteiger charge is -2.29. The highest BCUT2D eigenvalue weighted by molar-refractivity contribution is 6.15. The minimum atomic E-state index is -1.35. The van der Waals surface area contributed by atoms with E-state index in [0.717, 1.165) is 6.20 Å².